The Hall–Kier alpha value is -2.56. The Labute approximate surface area is 127 Å². The molecule has 0 saturated carbocycles. The van der Waals surface area contributed by atoms with E-state index in [-0.39, 0.29) is 11.1 Å². The molecular formula is C16H12ClN3O. The zero-order valence-electron chi connectivity index (χ0n) is 11.2. The lowest BCUT2D eigenvalue weighted by atomic mass is 10.1. The number of hydrogen-bond acceptors (Lipinski definition) is 3. The van der Waals surface area contributed by atoms with Crippen LogP contribution in [0, 0.1) is 22.7 Å². The Morgan fingerprint density at radius 3 is 2.43 bits per heavy atom. The Balaban J connectivity index is 2.52. The maximum Gasteiger partial charge on any atom is 0.268 e. The first kappa shape index (κ1) is 14.8. The summed E-state index contributed by atoms with van der Waals surface area (Å²) in [6.45, 7) is 0.403. The lowest BCUT2D eigenvalue weighted by Crippen LogP contribution is -2.24. The average molecular weight is 298 g/mol. The fraction of sp³-hybridized carbons (Fsp3) is 0.188. The van der Waals surface area contributed by atoms with E-state index in [1.165, 1.54) is 6.07 Å². The van der Waals surface area contributed by atoms with Gasteiger partial charge in [0.15, 0.2) is 0 Å². The summed E-state index contributed by atoms with van der Waals surface area (Å²) in [6, 6.07) is 14.4. The first-order valence-electron chi connectivity index (χ1n) is 6.44. The minimum atomic E-state index is -0.331. The van der Waals surface area contributed by atoms with Crippen LogP contribution in [0.1, 0.15) is 18.4 Å². The van der Waals surface area contributed by atoms with Gasteiger partial charge in [-0.15, -0.1) is 0 Å². The Bertz CT molecular complexity index is 779. The van der Waals surface area contributed by atoms with Crippen LogP contribution >= 0.6 is 11.6 Å². The third kappa shape index (κ3) is 3.31. The van der Waals surface area contributed by atoms with Crippen molar-refractivity contribution in [3.63, 3.8) is 0 Å². The van der Waals surface area contributed by atoms with Crippen molar-refractivity contribution in [2.45, 2.75) is 19.4 Å². The Kier molecular flexibility index (Phi) is 4.77. The van der Waals surface area contributed by atoms with Gasteiger partial charge in [-0.3, -0.25) is 4.79 Å². The molecule has 1 aromatic carbocycles. The predicted molar refractivity (Wildman–Crippen MR) is 80.7 cm³/mol. The first-order valence-corrected chi connectivity index (χ1v) is 6.82. The molecule has 0 aliphatic rings. The van der Waals surface area contributed by atoms with Crippen molar-refractivity contribution < 1.29 is 0 Å². The van der Waals surface area contributed by atoms with Gasteiger partial charge in [0, 0.05) is 18.0 Å². The van der Waals surface area contributed by atoms with Crippen molar-refractivity contribution in [2.75, 3.05) is 0 Å². The number of hydrogen-bond donors (Lipinski definition) is 0. The quantitative estimate of drug-likeness (QED) is 0.813. The average Bonchev–Trinajstić information content (AvgIpc) is 2.50. The molecule has 0 N–H and O–H groups in total. The van der Waals surface area contributed by atoms with Crippen molar-refractivity contribution in [3.05, 3.63) is 57.3 Å². The van der Waals surface area contributed by atoms with Crippen LogP contribution in [0.15, 0.2) is 41.2 Å². The largest absolute Gasteiger partial charge is 0.307 e. The summed E-state index contributed by atoms with van der Waals surface area (Å²) in [6.07, 6.45) is 0.926. The predicted octanol–water partition coefficient (Wildman–Crippen LogP) is 3.34. The third-order valence-electron chi connectivity index (χ3n) is 3.10. The minimum Gasteiger partial charge on any atom is -0.307 e. The number of benzene rings is 1. The molecule has 0 radical (unpaired) electrons. The van der Waals surface area contributed by atoms with Crippen LogP contribution in [0.3, 0.4) is 0 Å². The number of rotatable bonds is 4. The van der Waals surface area contributed by atoms with Crippen LogP contribution < -0.4 is 5.56 Å². The van der Waals surface area contributed by atoms with E-state index in [4.69, 9.17) is 22.1 Å². The molecule has 5 heteroatoms. The lowest BCUT2D eigenvalue weighted by Gasteiger charge is -2.13. The molecule has 0 atom stereocenters. The molecule has 0 spiro atoms. The summed E-state index contributed by atoms with van der Waals surface area (Å²) >= 11 is 5.87. The minimum absolute atomic E-state index is 0.102. The molecule has 1 heterocycles. The van der Waals surface area contributed by atoms with Crippen molar-refractivity contribution in [2.24, 2.45) is 0 Å². The van der Waals surface area contributed by atoms with Crippen LogP contribution in [0.25, 0.3) is 11.3 Å². The molecule has 0 bridgehead atoms. The molecule has 2 aromatic rings. The molecular weight excluding hydrogens is 286 g/mol. The summed E-state index contributed by atoms with van der Waals surface area (Å²) in [4.78, 5) is 12.3. The molecule has 0 unspecified atom stereocenters. The van der Waals surface area contributed by atoms with E-state index < -0.39 is 0 Å². The SMILES string of the molecule is N#CCCCn1c(-c2ccc(Cl)cc2)ccc(C#N)c1=O. The number of nitrogens with zero attached hydrogens (tertiary/aromatic N) is 3. The molecule has 1 aromatic heterocycles. The normalized spacial score (nSPS) is 9.86. The van der Waals surface area contributed by atoms with E-state index in [2.05, 4.69) is 6.07 Å². The van der Waals surface area contributed by atoms with E-state index in [1.54, 1.807) is 22.8 Å². The highest BCUT2D eigenvalue weighted by atomic mass is 35.5. The zero-order valence-corrected chi connectivity index (χ0v) is 12.0. The number of pyridine rings is 1. The summed E-state index contributed by atoms with van der Waals surface area (Å²) < 4.78 is 1.54. The molecule has 0 aliphatic carbocycles. The number of unbranched alkanes of at least 4 members (excludes halogenated alkanes) is 1. The van der Waals surface area contributed by atoms with Gasteiger partial charge in [-0.25, -0.2) is 0 Å². The molecule has 0 fully saturated rings. The topological polar surface area (TPSA) is 69.6 Å². The second-order valence-electron chi connectivity index (χ2n) is 4.47. The molecule has 0 aliphatic heterocycles. The van der Waals surface area contributed by atoms with Crippen molar-refractivity contribution in [3.8, 4) is 23.4 Å². The third-order valence-corrected chi connectivity index (χ3v) is 3.36. The molecule has 104 valence electrons. The van der Waals surface area contributed by atoms with Crippen molar-refractivity contribution >= 4 is 11.6 Å². The lowest BCUT2D eigenvalue weighted by molar-refractivity contribution is 0.637. The number of halogens is 1. The highest BCUT2D eigenvalue weighted by Gasteiger charge is 2.10. The van der Waals surface area contributed by atoms with Gasteiger partial charge in [0.25, 0.3) is 5.56 Å². The van der Waals surface area contributed by atoms with E-state index >= 15 is 0 Å². The fourth-order valence-electron chi connectivity index (χ4n) is 2.07. The van der Waals surface area contributed by atoms with Gasteiger partial charge < -0.3 is 4.57 Å². The second-order valence-corrected chi connectivity index (χ2v) is 4.91. The van der Waals surface area contributed by atoms with Gasteiger partial charge in [0.1, 0.15) is 11.6 Å². The highest BCUT2D eigenvalue weighted by Crippen LogP contribution is 2.21. The van der Waals surface area contributed by atoms with Gasteiger partial charge in [-0.05, 0) is 36.2 Å². The number of nitriles is 2. The maximum atomic E-state index is 12.3. The molecule has 2 rings (SSSR count). The summed E-state index contributed by atoms with van der Waals surface area (Å²) in [5.74, 6) is 0. The summed E-state index contributed by atoms with van der Waals surface area (Å²) in [7, 11) is 0. The first-order chi connectivity index (χ1) is 10.2. The van der Waals surface area contributed by atoms with Crippen molar-refractivity contribution in [1.82, 2.24) is 4.57 Å². The number of aromatic nitrogens is 1. The van der Waals surface area contributed by atoms with Gasteiger partial charge >= 0.3 is 0 Å². The second kappa shape index (κ2) is 6.74. The Morgan fingerprint density at radius 1 is 1.10 bits per heavy atom. The molecule has 0 saturated heterocycles. The van der Waals surface area contributed by atoms with Gasteiger partial charge in [0.2, 0.25) is 0 Å². The van der Waals surface area contributed by atoms with Gasteiger partial charge in [0.05, 0.1) is 11.8 Å². The fourth-order valence-corrected chi connectivity index (χ4v) is 2.20. The maximum absolute atomic E-state index is 12.3. The van der Waals surface area contributed by atoms with Crippen LogP contribution in [-0.2, 0) is 6.54 Å². The van der Waals surface area contributed by atoms with Crippen LogP contribution in [0.4, 0.5) is 0 Å². The Morgan fingerprint density at radius 2 is 1.81 bits per heavy atom. The monoisotopic (exact) mass is 297 g/mol. The van der Waals surface area contributed by atoms with E-state index in [0.717, 1.165) is 5.56 Å². The van der Waals surface area contributed by atoms with E-state index in [9.17, 15) is 4.79 Å². The molecule has 21 heavy (non-hydrogen) atoms. The van der Waals surface area contributed by atoms with E-state index in [0.29, 0.717) is 30.1 Å². The highest BCUT2D eigenvalue weighted by molar-refractivity contribution is 6.30. The van der Waals surface area contributed by atoms with E-state index in [1.807, 2.05) is 18.2 Å². The van der Waals surface area contributed by atoms with Crippen molar-refractivity contribution in [1.29, 1.82) is 10.5 Å². The molecule has 0 amide bonds. The van der Waals surface area contributed by atoms with Gasteiger partial charge in [-0.2, -0.15) is 10.5 Å². The molecule has 4 nitrogen and oxygen atoms in total. The zero-order chi connectivity index (χ0) is 15.2. The van der Waals surface area contributed by atoms with Crippen LogP contribution in [-0.4, -0.2) is 4.57 Å². The standard InChI is InChI=1S/C16H12ClN3O/c17-14-6-3-12(4-7-14)15-8-5-13(11-19)16(21)20(15)10-2-1-9-18/h3-8H,1-2,10H2. The summed E-state index contributed by atoms with van der Waals surface area (Å²) in [5.41, 5.74) is 1.33. The van der Waals surface area contributed by atoms with Crippen LogP contribution in [0.2, 0.25) is 5.02 Å². The van der Waals surface area contributed by atoms with Gasteiger partial charge in [-0.1, -0.05) is 23.7 Å². The summed E-state index contributed by atoms with van der Waals surface area (Å²) in [5, 5.41) is 18.2. The smallest absolute Gasteiger partial charge is 0.268 e. The van der Waals surface area contributed by atoms with Crippen LogP contribution in [0.5, 0.6) is 0 Å².